The molecule has 2 rings (SSSR count). The summed E-state index contributed by atoms with van der Waals surface area (Å²) in [6, 6.07) is -0.640. The number of carbonyl (C=O) groups is 1. The normalized spacial score (nSPS) is 26.3. The molecule has 1 fully saturated rings. The fraction of sp³-hybridized carbons (Fsp3) is 0.522. The molecule has 0 bridgehead atoms. The highest BCUT2D eigenvalue weighted by atomic mass is 19.1. The topological polar surface area (TPSA) is 53.6 Å². The molecule has 2 N–H and O–H groups in total. The zero-order valence-electron chi connectivity index (χ0n) is 18.2. The van der Waals surface area contributed by atoms with E-state index in [1.807, 2.05) is 27.7 Å². The van der Waals surface area contributed by atoms with Crippen LogP contribution in [-0.4, -0.2) is 49.2 Å². The molecule has 0 aromatic rings. The van der Waals surface area contributed by atoms with Crippen LogP contribution in [0.5, 0.6) is 0 Å². The van der Waals surface area contributed by atoms with E-state index in [4.69, 9.17) is 4.74 Å². The number of morpholine rings is 1. The summed E-state index contributed by atoms with van der Waals surface area (Å²) in [4.78, 5) is 14.9. The predicted octanol–water partition coefficient (Wildman–Crippen LogP) is 3.74. The van der Waals surface area contributed by atoms with Gasteiger partial charge < -0.3 is 20.3 Å². The first kappa shape index (κ1) is 22.9. The maximum atomic E-state index is 15.3. The van der Waals surface area contributed by atoms with E-state index in [9.17, 15) is 4.79 Å². The third kappa shape index (κ3) is 6.07. The van der Waals surface area contributed by atoms with Gasteiger partial charge in [-0.2, -0.15) is 0 Å². The lowest BCUT2D eigenvalue weighted by atomic mass is 9.94. The van der Waals surface area contributed by atoms with E-state index in [1.54, 1.807) is 37.6 Å². The Morgan fingerprint density at radius 2 is 2.03 bits per heavy atom. The van der Waals surface area contributed by atoms with Crippen LogP contribution in [0.4, 0.5) is 4.39 Å². The van der Waals surface area contributed by atoms with Gasteiger partial charge in [0.1, 0.15) is 5.83 Å². The van der Waals surface area contributed by atoms with Crippen molar-refractivity contribution in [3.8, 4) is 0 Å². The number of hydrogen-bond donors (Lipinski definition) is 2. The second-order valence-electron chi connectivity index (χ2n) is 7.46. The number of ether oxygens (including phenoxy) is 1. The van der Waals surface area contributed by atoms with E-state index < -0.39 is 6.04 Å². The summed E-state index contributed by atoms with van der Waals surface area (Å²) < 4.78 is 21.1. The summed E-state index contributed by atoms with van der Waals surface area (Å²) in [6.07, 6.45) is 12.0. The van der Waals surface area contributed by atoms with Gasteiger partial charge in [0.15, 0.2) is 0 Å². The molecular formula is C23H34FN3O2. The van der Waals surface area contributed by atoms with Gasteiger partial charge in [-0.3, -0.25) is 4.79 Å². The SMILES string of the molecule is C\C=C/C(=C\C=C\NC)C(=O)N[C@@H]1CC=C(N2CC(C)OC(C)C2)C(CC)=C1F. The van der Waals surface area contributed by atoms with E-state index in [0.29, 0.717) is 24.0 Å². The Morgan fingerprint density at radius 1 is 1.34 bits per heavy atom. The van der Waals surface area contributed by atoms with Gasteiger partial charge in [-0.1, -0.05) is 25.2 Å². The molecule has 1 amide bonds. The summed E-state index contributed by atoms with van der Waals surface area (Å²) in [5, 5.41) is 5.73. The highest BCUT2D eigenvalue weighted by molar-refractivity contribution is 5.96. The second-order valence-corrected chi connectivity index (χ2v) is 7.46. The van der Waals surface area contributed by atoms with Gasteiger partial charge in [-0.25, -0.2) is 4.39 Å². The Bertz CT molecular complexity index is 726. The van der Waals surface area contributed by atoms with Gasteiger partial charge in [-0.15, -0.1) is 0 Å². The summed E-state index contributed by atoms with van der Waals surface area (Å²) in [6.45, 7) is 9.37. The number of hydrogen-bond acceptors (Lipinski definition) is 4. The van der Waals surface area contributed by atoms with E-state index in [2.05, 4.69) is 21.6 Å². The van der Waals surface area contributed by atoms with Crippen molar-refractivity contribution >= 4 is 5.91 Å². The number of rotatable bonds is 7. The maximum absolute atomic E-state index is 15.3. The fourth-order valence-electron chi connectivity index (χ4n) is 3.83. The van der Waals surface area contributed by atoms with Gasteiger partial charge in [-0.05, 0) is 52.0 Å². The minimum Gasteiger partial charge on any atom is -0.394 e. The molecule has 1 aliphatic heterocycles. The minimum atomic E-state index is -0.640. The Morgan fingerprint density at radius 3 is 2.62 bits per heavy atom. The molecule has 0 aromatic heterocycles. The maximum Gasteiger partial charge on any atom is 0.251 e. The monoisotopic (exact) mass is 403 g/mol. The lowest BCUT2D eigenvalue weighted by molar-refractivity contribution is -0.117. The number of carbonyl (C=O) groups excluding carboxylic acids is 1. The van der Waals surface area contributed by atoms with Crippen LogP contribution in [0.2, 0.25) is 0 Å². The van der Waals surface area contributed by atoms with Crippen molar-refractivity contribution in [1.29, 1.82) is 0 Å². The number of halogens is 1. The van der Waals surface area contributed by atoms with Gasteiger partial charge >= 0.3 is 0 Å². The molecule has 1 heterocycles. The molecule has 3 atom stereocenters. The number of allylic oxidation sites excluding steroid dienone is 4. The van der Waals surface area contributed by atoms with E-state index in [1.165, 1.54) is 0 Å². The van der Waals surface area contributed by atoms with E-state index in [0.717, 1.165) is 18.8 Å². The van der Waals surface area contributed by atoms with Crippen LogP contribution in [0.25, 0.3) is 0 Å². The van der Waals surface area contributed by atoms with E-state index in [-0.39, 0.29) is 23.9 Å². The molecule has 160 valence electrons. The smallest absolute Gasteiger partial charge is 0.251 e. The van der Waals surface area contributed by atoms with Gasteiger partial charge in [0, 0.05) is 37.0 Å². The third-order valence-corrected chi connectivity index (χ3v) is 5.02. The number of nitrogens with zero attached hydrogens (tertiary/aromatic N) is 1. The average Bonchev–Trinajstić information content (AvgIpc) is 2.68. The van der Waals surface area contributed by atoms with Gasteiger partial charge in [0.2, 0.25) is 0 Å². The molecule has 0 radical (unpaired) electrons. The van der Waals surface area contributed by atoms with E-state index >= 15 is 4.39 Å². The lowest BCUT2D eigenvalue weighted by Crippen LogP contribution is -2.46. The molecule has 1 aliphatic carbocycles. The molecule has 0 aromatic carbocycles. The van der Waals surface area contributed by atoms with Crippen LogP contribution in [0, 0.1) is 0 Å². The molecule has 6 heteroatoms. The summed E-state index contributed by atoms with van der Waals surface area (Å²) in [7, 11) is 1.79. The zero-order chi connectivity index (χ0) is 21.4. The molecule has 29 heavy (non-hydrogen) atoms. The third-order valence-electron chi connectivity index (χ3n) is 5.02. The van der Waals surface area contributed by atoms with Gasteiger partial charge in [0.25, 0.3) is 5.91 Å². The predicted molar refractivity (Wildman–Crippen MR) is 116 cm³/mol. The minimum absolute atomic E-state index is 0.109. The second kappa shape index (κ2) is 11.0. The molecule has 0 saturated carbocycles. The summed E-state index contributed by atoms with van der Waals surface area (Å²) >= 11 is 0. The van der Waals surface area contributed by atoms with Crippen molar-refractivity contribution in [3.05, 3.63) is 59.3 Å². The van der Waals surface area contributed by atoms with Crippen LogP contribution in [0.1, 0.15) is 40.5 Å². The Labute approximate surface area is 174 Å². The average molecular weight is 404 g/mol. The Hall–Kier alpha value is -2.34. The molecular weight excluding hydrogens is 369 g/mol. The van der Waals surface area contributed by atoms with Crippen molar-refractivity contribution in [3.63, 3.8) is 0 Å². The first-order chi connectivity index (χ1) is 13.9. The van der Waals surface area contributed by atoms with Crippen molar-refractivity contribution in [2.45, 2.75) is 58.8 Å². The molecule has 5 nitrogen and oxygen atoms in total. The molecule has 0 spiro atoms. The van der Waals surface area contributed by atoms with Crippen molar-refractivity contribution in [2.24, 2.45) is 0 Å². The van der Waals surface area contributed by atoms with Crippen molar-refractivity contribution in [2.75, 3.05) is 20.1 Å². The molecule has 1 saturated heterocycles. The highest BCUT2D eigenvalue weighted by Crippen LogP contribution is 2.33. The highest BCUT2D eigenvalue weighted by Gasteiger charge is 2.31. The largest absolute Gasteiger partial charge is 0.394 e. The van der Waals surface area contributed by atoms with Crippen molar-refractivity contribution in [1.82, 2.24) is 15.5 Å². The van der Waals surface area contributed by atoms with Crippen LogP contribution < -0.4 is 10.6 Å². The lowest BCUT2D eigenvalue weighted by Gasteiger charge is -2.40. The Balaban J connectivity index is 2.17. The van der Waals surface area contributed by atoms with Crippen LogP contribution >= 0.6 is 0 Å². The van der Waals surface area contributed by atoms with Crippen LogP contribution in [0.15, 0.2) is 59.3 Å². The molecule has 2 unspecified atom stereocenters. The Kier molecular flexibility index (Phi) is 8.70. The number of nitrogens with one attached hydrogen (secondary N) is 2. The standard InChI is InChI=1S/C23H34FN3O2/c1-6-9-18(10-8-13-25-5)23(28)26-20-11-12-21(19(7-2)22(20)24)27-14-16(3)29-17(4)15-27/h6,8-10,12-13,16-17,20,25H,7,11,14-15H2,1-5H3,(H,26,28)/b9-6-,13-8+,18-10+/t16?,17?,20-/m1/s1. The van der Waals surface area contributed by atoms with Gasteiger partial charge in [0.05, 0.1) is 18.2 Å². The first-order valence-electron chi connectivity index (χ1n) is 10.4. The van der Waals surface area contributed by atoms with Crippen LogP contribution in [0.3, 0.4) is 0 Å². The fourth-order valence-corrected chi connectivity index (χ4v) is 3.83. The quantitative estimate of drug-likeness (QED) is 0.502. The number of amides is 1. The first-order valence-corrected chi connectivity index (χ1v) is 10.4. The summed E-state index contributed by atoms with van der Waals surface area (Å²) in [5.41, 5.74) is 2.10. The van der Waals surface area contributed by atoms with Crippen molar-refractivity contribution < 1.29 is 13.9 Å². The zero-order valence-corrected chi connectivity index (χ0v) is 18.2. The molecule has 2 aliphatic rings. The summed E-state index contributed by atoms with van der Waals surface area (Å²) in [5.74, 6) is -0.527. The van der Waals surface area contributed by atoms with Crippen LogP contribution in [-0.2, 0) is 9.53 Å².